The fourth-order valence-electron chi connectivity index (χ4n) is 2.86. The Morgan fingerprint density at radius 3 is 2.68 bits per heavy atom. The molecular formula is C18H28N2O2. The molecule has 0 bridgehead atoms. The third-order valence-corrected chi connectivity index (χ3v) is 3.83. The summed E-state index contributed by atoms with van der Waals surface area (Å²) in [4.78, 5) is 11.8. The molecular weight excluding hydrogens is 276 g/mol. The lowest BCUT2D eigenvalue weighted by molar-refractivity contribution is 0.0505. The zero-order valence-corrected chi connectivity index (χ0v) is 14.1. The maximum atomic E-state index is 11.8. The Labute approximate surface area is 133 Å². The van der Waals surface area contributed by atoms with E-state index < -0.39 is 5.60 Å². The molecule has 0 aromatic heterocycles. The predicted molar refractivity (Wildman–Crippen MR) is 88.8 cm³/mol. The van der Waals surface area contributed by atoms with Gasteiger partial charge in [-0.05, 0) is 52.5 Å². The highest BCUT2D eigenvalue weighted by atomic mass is 16.6. The number of benzene rings is 1. The van der Waals surface area contributed by atoms with Gasteiger partial charge in [0.2, 0.25) is 0 Å². The van der Waals surface area contributed by atoms with E-state index in [4.69, 9.17) is 4.74 Å². The van der Waals surface area contributed by atoms with Crippen LogP contribution in [0.15, 0.2) is 24.3 Å². The zero-order valence-electron chi connectivity index (χ0n) is 14.1. The van der Waals surface area contributed by atoms with Crippen LogP contribution in [0.2, 0.25) is 0 Å². The number of ether oxygens (including phenoxy) is 1. The van der Waals surface area contributed by atoms with E-state index in [2.05, 4.69) is 41.8 Å². The Morgan fingerprint density at radius 2 is 2.00 bits per heavy atom. The maximum absolute atomic E-state index is 11.8. The van der Waals surface area contributed by atoms with Gasteiger partial charge in [0, 0.05) is 18.6 Å². The molecule has 1 aromatic rings. The molecule has 0 aliphatic heterocycles. The standard InChI is InChI=1S/C18H28N2O2/c1-13-6-5-7-14(10-13)12-19-15-8-9-16(11-15)20-17(21)22-18(2,3)4/h5-7,10,15-16,19H,8-9,11-12H2,1-4H3,(H,20,21). The second-order valence-electron chi connectivity index (χ2n) is 7.22. The first kappa shape index (κ1) is 16.8. The van der Waals surface area contributed by atoms with Crippen molar-refractivity contribution in [1.29, 1.82) is 0 Å². The second-order valence-corrected chi connectivity index (χ2v) is 7.22. The van der Waals surface area contributed by atoms with Gasteiger partial charge in [0.25, 0.3) is 0 Å². The Kier molecular flexibility index (Phi) is 5.46. The Morgan fingerprint density at radius 1 is 1.27 bits per heavy atom. The van der Waals surface area contributed by atoms with Crippen LogP contribution >= 0.6 is 0 Å². The number of hydrogen-bond donors (Lipinski definition) is 2. The van der Waals surface area contributed by atoms with Gasteiger partial charge in [0.05, 0.1) is 0 Å². The third kappa shape index (κ3) is 5.68. The van der Waals surface area contributed by atoms with E-state index in [0.717, 1.165) is 25.8 Å². The second kappa shape index (κ2) is 7.14. The number of nitrogens with one attached hydrogen (secondary N) is 2. The average Bonchev–Trinajstić information content (AvgIpc) is 2.81. The quantitative estimate of drug-likeness (QED) is 0.894. The first-order chi connectivity index (χ1) is 10.3. The number of rotatable bonds is 4. The van der Waals surface area contributed by atoms with Crippen molar-refractivity contribution >= 4 is 6.09 Å². The van der Waals surface area contributed by atoms with Crippen LogP contribution in [0.3, 0.4) is 0 Å². The predicted octanol–water partition coefficient (Wildman–Crippen LogP) is 3.53. The summed E-state index contributed by atoms with van der Waals surface area (Å²) < 4.78 is 5.31. The van der Waals surface area contributed by atoms with Gasteiger partial charge in [0.1, 0.15) is 5.60 Å². The topological polar surface area (TPSA) is 50.4 Å². The van der Waals surface area contributed by atoms with Crippen molar-refractivity contribution < 1.29 is 9.53 Å². The first-order valence-corrected chi connectivity index (χ1v) is 8.10. The van der Waals surface area contributed by atoms with Crippen LogP contribution in [0.1, 0.15) is 51.2 Å². The summed E-state index contributed by atoms with van der Waals surface area (Å²) in [5.41, 5.74) is 2.16. The normalized spacial score (nSPS) is 21.6. The fraction of sp³-hybridized carbons (Fsp3) is 0.611. The van der Waals surface area contributed by atoms with Gasteiger partial charge in [-0.3, -0.25) is 0 Å². The Balaban J connectivity index is 1.72. The van der Waals surface area contributed by atoms with E-state index in [1.807, 2.05) is 20.8 Å². The van der Waals surface area contributed by atoms with Crippen LogP contribution in [0.25, 0.3) is 0 Å². The first-order valence-electron chi connectivity index (χ1n) is 8.10. The monoisotopic (exact) mass is 304 g/mol. The molecule has 0 saturated heterocycles. The maximum Gasteiger partial charge on any atom is 0.407 e. The lowest BCUT2D eigenvalue weighted by Crippen LogP contribution is -2.38. The highest BCUT2D eigenvalue weighted by molar-refractivity contribution is 5.68. The molecule has 122 valence electrons. The Bertz CT molecular complexity index is 508. The van der Waals surface area contributed by atoms with Crippen molar-refractivity contribution in [2.45, 2.75) is 71.2 Å². The molecule has 0 radical (unpaired) electrons. The van der Waals surface area contributed by atoms with Crippen LogP contribution in [0.4, 0.5) is 4.79 Å². The van der Waals surface area contributed by atoms with Crippen LogP contribution in [-0.4, -0.2) is 23.8 Å². The van der Waals surface area contributed by atoms with Gasteiger partial charge in [0.15, 0.2) is 0 Å². The molecule has 2 rings (SSSR count). The molecule has 2 N–H and O–H groups in total. The summed E-state index contributed by atoms with van der Waals surface area (Å²) in [7, 11) is 0. The van der Waals surface area contributed by atoms with E-state index in [9.17, 15) is 4.79 Å². The van der Waals surface area contributed by atoms with Gasteiger partial charge < -0.3 is 15.4 Å². The molecule has 2 unspecified atom stereocenters. The number of alkyl carbamates (subject to hydrolysis) is 1. The van der Waals surface area contributed by atoms with E-state index >= 15 is 0 Å². The number of hydrogen-bond acceptors (Lipinski definition) is 3. The molecule has 1 amide bonds. The molecule has 0 heterocycles. The van der Waals surface area contributed by atoms with Crippen molar-refractivity contribution in [1.82, 2.24) is 10.6 Å². The molecule has 22 heavy (non-hydrogen) atoms. The van der Waals surface area contributed by atoms with Gasteiger partial charge in [-0.15, -0.1) is 0 Å². The van der Waals surface area contributed by atoms with Gasteiger partial charge >= 0.3 is 6.09 Å². The minimum atomic E-state index is -0.439. The SMILES string of the molecule is Cc1cccc(CNC2CCC(NC(=O)OC(C)(C)C)C2)c1. The number of amides is 1. The average molecular weight is 304 g/mol. The molecule has 0 spiro atoms. The van der Waals surface area contributed by atoms with Gasteiger partial charge in [-0.2, -0.15) is 0 Å². The smallest absolute Gasteiger partial charge is 0.407 e. The summed E-state index contributed by atoms with van der Waals surface area (Å²) in [5.74, 6) is 0. The molecule has 1 fully saturated rings. The summed E-state index contributed by atoms with van der Waals surface area (Å²) in [6.07, 6.45) is 2.75. The molecule has 1 aromatic carbocycles. The van der Waals surface area contributed by atoms with Crippen LogP contribution in [0.5, 0.6) is 0 Å². The summed E-state index contributed by atoms with van der Waals surface area (Å²) >= 11 is 0. The molecule has 1 aliphatic rings. The van der Waals surface area contributed by atoms with E-state index in [1.54, 1.807) is 0 Å². The summed E-state index contributed by atoms with van der Waals surface area (Å²) in [5, 5.41) is 6.56. The molecule has 2 atom stereocenters. The summed E-state index contributed by atoms with van der Waals surface area (Å²) in [6.45, 7) is 8.64. The van der Waals surface area contributed by atoms with E-state index in [0.29, 0.717) is 6.04 Å². The largest absolute Gasteiger partial charge is 0.444 e. The minimum absolute atomic E-state index is 0.213. The lowest BCUT2D eigenvalue weighted by Gasteiger charge is -2.22. The number of aryl methyl sites for hydroxylation is 1. The van der Waals surface area contributed by atoms with Crippen molar-refractivity contribution in [3.05, 3.63) is 35.4 Å². The number of carbonyl (C=O) groups is 1. The Hall–Kier alpha value is -1.55. The highest BCUT2D eigenvalue weighted by Crippen LogP contribution is 2.20. The fourth-order valence-corrected chi connectivity index (χ4v) is 2.86. The van der Waals surface area contributed by atoms with E-state index in [1.165, 1.54) is 11.1 Å². The highest BCUT2D eigenvalue weighted by Gasteiger charge is 2.27. The third-order valence-electron chi connectivity index (χ3n) is 3.83. The van der Waals surface area contributed by atoms with Crippen molar-refractivity contribution in [3.63, 3.8) is 0 Å². The van der Waals surface area contributed by atoms with Crippen molar-refractivity contribution in [2.75, 3.05) is 0 Å². The zero-order chi connectivity index (χ0) is 16.2. The van der Waals surface area contributed by atoms with Crippen molar-refractivity contribution in [3.8, 4) is 0 Å². The number of carbonyl (C=O) groups excluding carboxylic acids is 1. The molecule has 4 heteroatoms. The van der Waals surface area contributed by atoms with E-state index in [-0.39, 0.29) is 12.1 Å². The molecule has 1 saturated carbocycles. The van der Waals surface area contributed by atoms with Crippen molar-refractivity contribution in [2.24, 2.45) is 0 Å². The minimum Gasteiger partial charge on any atom is -0.444 e. The molecule has 1 aliphatic carbocycles. The van der Waals surface area contributed by atoms with Gasteiger partial charge in [-0.25, -0.2) is 4.79 Å². The summed E-state index contributed by atoms with van der Waals surface area (Å²) in [6, 6.07) is 9.22. The lowest BCUT2D eigenvalue weighted by atomic mass is 10.1. The molecule has 4 nitrogen and oxygen atoms in total. The van der Waals surface area contributed by atoms with Crippen LogP contribution in [-0.2, 0) is 11.3 Å². The van der Waals surface area contributed by atoms with Gasteiger partial charge in [-0.1, -0.05) is 29.8 Å². The van der Waals surface area contributed by atoms with Crippen LogP contribution in [0, 0.1) is 6.92 Å². The van der Waals surface area contributed by atoms with Crippen LogP contribution < -0.4 is 10.6 Å².